The first-order valence-electron chi connectivity index (χ1n) is 8.74. The van der Waals surface area contributed by atoms with Crippen molar-refractivity contribution in [2.75, 3.05) is 30.9 Å². The molecule has 2 N–H and O–H groups in total. The Balaban J connectivity index is 1.71. The monoisotopic (exact) mass is 401 g/mol. The molecule has 1 aliphatic rings. The van der Waals surface area contributed by atoms with Gasteiger partial charge in [0.15, 0.2) is 0 Å². The minimum atomic E-state index is -0.473. The predicted octanol–water partition coefficient (Wildman–Crippen LogP) is 3.92. The van der Waals surface area contributed by atoms with Gasteiger partial charge < -0.3 is 15.4 Å². The number of ether oxygens (including phenoxy) is 1. The smallest absolute Gasteiger partial charge is 0.323 e. The van der Waals surface area contributed by atoms with Gasteiger partial charge in [0.05, 0.1) is 11.1 Å². The largest absolute Gasteiger partial charge is 0.385 e. The number of hydrogen-bond acceptors (Lipinski definition) is 4. The standard InChI is InChI=1S/C20H20ClN3O4/c1-12-4-5-13(21)10-17(12)23-20(27)22-14-6-7-15-16(11-14)19(26)24(18(15)25)8-3-9-28-2/h4-7,10-11H,3,8-9H2,1-2H3,(H2,22,23,27). The van der Waals surface area contributed by atoms with Gasteiger partial charge in [-0.3, -0.25) is 14.5 Å². The van der Waals surface area contributed by atoms with E-state index in [0.29, 0.717) is 35.0 Å². The van der Waals surface area contributed by atoms with Crippen LogP contribution in [0.2, 0.25) is 5.02 Å². The molecular formula is C20H20ClN3O4. The molecule has 4 amide bonds. The van der Waals surface area contributed by atoms with Gasteiger partial charge in [-0.25, -0.2) is 4.79 Å². The van der Waals surface area contributed by atoms with Gasteiger partial charge in [0.25, 0.3) is 11.8 Å². The molecule has 0 aliphatic carbocycles. The number of hydrogen-bond donors (Lipinski definition) is 2. The van der Waals surface area contributed by atoms with Gasteiger partial charge in [0, 0.05) is 36.7 Å². The Labute approximate surface area is 167 Å². The van der Waals surface area contributed by atoms with Crippen molar-refractivity contribution in [3.63, 3.8) is 0 Å². The van der Waals surface area contributed by atoms with Gasteiger partial charge in [-0.05, 0) is 49.2 Å². The Morgan fingerprint density at radius 1 is 1.07 bits per heavy atom. The van der Waals surface area contributed by atoms with Crippen LogP contribution in [0.1, 0.15) is 32.7 Å². The van der Waals surface area contributed by atoms with Crippen LogP contribution >= 0.6 is 11.6 Å². The van der Waals surface area contributed by atoms with Gasteiger partial charge in [0.1, 0.15) is 0 Å². The van der Waals surface area contributed by atoms with Crippen LogP contribution in [0.25, 0.3) is 0 Å². The highest BCUT2D eigenvalue weighted by Crippen LogP contribution is 2.26. The summed E-state index contributed by atoms with van der Waals surface area (Å²) in [6, 6.07) is 9.37. The molecule has 0 spiro atoms. The van der Waals surface area contributed by atoms with E-state index in [-0.39, 0.29) is 23.9 Å². The van der Waals surface area contributed by atoms with E-state index in [2.05, 4.69) is 10.6 Å². The van der Waals surface area contributed by atoms with Crippen LogP contribution in [0.15, 0.2) is 36.4 Å². The van der Waals surface area contributed by atoms with E-state index in [9.17, 15) is 14.4 Å². The Kier molecular flexibility index (Phi) is 5.96. The number of nitrogens with one attached hydrogen (secondary N) is 2. The zero-order valence-electron chi connectivity index (χ0n) is 15.5. The molecule has 0 bridgehead atoms. The van der Waals surface area contributed by atoms with Crippen molar-refractivity contribution in [3.05, 3.63) is 58.1 Å². The van der Waals surface area contributed by atoms with E-state index in [1.54, 1.807) is 37.4 Å². The number of nitrogens with zero attached hydrogens (tertiary/aromatic N) is 1. The number of anilines is 2. The number of amides is 4. The third-order valence-corrected chi connectivity index (χ3v) is 4.64. The SMILES string of the molecule is COCCCN1C(=O)c2ccc(NC(=O)Nc3cc(Cl)ccc3C)cc2C1=O. The van der Waals surface area contributed by atoms with E-state index >= 15 is 0 Å². The summed E-state index contributed by atoms with van der Waals surface area (Å²) in [7, 11) is 1.57. The number of benzene rings is 2. The molecule has 7 nitrogen and oxygen atoms in total. The average molecular weight is 402 g/mol. The molecule has 0 radical (unpaired) electrons. The Hall–Kier alpha value is -2.90. The Morgan fingerprint density at radius 3 is 2.57 bits per heavy atom. The fourth-order valence-corrected chi connectivity index (χ4v) is 3.12. The van der Waals surface area contributed by atoms with Gasteiger partial charge >= 0.3 is 6.03 Å². The van der Waals surface area contributed by atoms with Crippen LogP contribution in [-0.2, 0) is 4.74 Å². The van der Waals surface area contributed by atoms with E-state index in [0.717, 1.165) is 5.56 Å². The molecule has 1 heterocycles. The molecule has 146 valence electrons. The maximum Gasteiger partial charge on any atom is 0.323 e. The Bertz CT molecular complexity index is 945. The molecule has 0 saturated carbocycles. The number of imide groups is 1. The van der Waals surface area contributed by atoms with Crippen molar-refractivity contribution in [3.8, 4) is 0 Å². The molecule has 0 atom stereocenters. The van der Waals surface area contributed by atoms with Crippen molar-refractivity contribution in [1.29, 1.82) is 0 Å². The highest BCUT2D eigenvalue weighted by Gasteiger charge is 2.35. The normalized spacial score (nSPS) is 12.9. The zero-order chi connectivity index (χ0) is 20.3. The number of carbonyl (C=O) groups excluding carboxylic acids is 3. The first kappa shape index (κ1) is 19.9. The number of aryl methyl sites for hydroxylation is 1. The highest BCUT2D eigenvalue weighted by atomic mass is 35.5. The molecule has 0 aromatic heterocycles. The van der Waals surface area contributed by atoms with Crippen LogP contribution in [0.4, 0.5) is 16.2 Å². The molecular weight excluding hydrogens is 382 g/mol. The van der Waals surface area contributed by atoms with E-state index in [1.165, 1.54) is 11.0 Å². The summed E-state index contributed by atoms with van der Waals surface area (Å²) >= 11 is 5.96. The second-order valence-corrected chi connectivity index (χ2v) is 6.84. The summed E-state index contributed by atoms with van der Waals surface area (Å²) in [5.41, 5.74) is 2.47. The third kappa shape index (κ3) is 4.16. The zero-order valence-corrected chi connectivity index (χ0v) is 16.3. The molecule has 28 heavy (non-hydrogen) atoms. The highest BCUT2D eigenvalue weighted by molar-refractivity contribution is 6.31. The second-order valence-electron chi connectivity index (χ2n) is 6.41. The van der Waals surface area contributed by atoms with Crippen molar-refractivity contribution in [2.45, 2.75) is 13.3 Å². The van der Waals surface area contributed by atoms with Crippen LogP contribution < -0.4 is 10.6 Å². The molecule has 1 aliphatic heterocycles. The fraction of sp³-hybridized carbons (Fsp3) is 0.250. The quantitative estimate of drug-likeness (QED) is 0.567. The van der Waals surface area contributed by atoms with E-state index in [4.69, 9.17) is 16.3 Å². The maximum atomic E-state index is 12.5. The summed E-state index contributed by atoms with van der Waals surface area (Å²) in [5, 5.41) is 5.90. The van der Waals surface area contributed by atoms with Gasteiger partial charge in [-0.1, -0.05) is 17.7 Å². The molecule has 2 aromatic rings. The summed E-state index contributed by atoms with van der Waals surface area (Å²) in [6.45, 7) is 2.60. The summed E-state index contributed by atoms with van der Waals surface area (Å²) in [5.74, 6) is -0.701. The van der Waals surface area contributed by atoms with Crippen LogP contribution in [0.3, 0.4) is 0 Å². The fourth-order valence-electron chi connectivity index (χ4n) is 2.95. The number of fused-ring (bicyclic) bond motifs is 1. The topological polar surface area (TPSA) is 87.7 Å². The number of halogens is 1. The molecule has 8 heteroatoms. The molecule has 0 unspecified atom stereocenters. The number of rotatable bonds is 6. The summed E-state index contributed by atoms with van der Waals surface area (Å²) < 4.78 is 4.96. The lowest BCUT2D eigenvalue weighted by molar-refractivity contribution is 0.0638. The summed E-state index contributed by atoms with van der Waals surface area (Å²) in [6.07, 6.45) is 0.564. The number of methoxy groups -OCH3 is 1. The van der Waals surface area contributed by atoms with Crippen LogP contribution in [0, 0.1) is 6.92 Å². The second kappa shape index (κ2) is 8.41. The molecule has 3 rings (SSSR count). The van der Waals surface area contributed by atoms with Crippen molar-refractivity contribution >= 4 is 40.8 Å². The first-order valence-corrected chi connectivity index (χ1v) is 9.12. The lowest BCUT2D eigenvalue weighted by Crippen LogP contribution is -2.31. The molecule has 0 saturated heterocycles. The van der Waals surface area contributed by atoms with Crippen molar-refractivity contribution in [2.24, 2.45) is 0 Å². The van der Waals surface area contributed by atoms with Crippen molar-refractivity contribution in [1.82, 2.24) is 4.90 Å². The average Bonchev–Trinajstić information content (AvgIpc) is 2.89. The van der Waals surface area contributed by atoms with Crippen LogP contribution in [-0.4, -0.2) is 43.0 Å². The molecule has 2 aromatic carbocycles. The number of urea groups is 1. The predicted molar refractivity (Wildman–Crippen MR) is 107 cm³/mol. The lowest BCUT2D eigenvalue weighted by Gasteiger charge is -2.12. The number of carbonyl (C=O) groups is 3. The first-order chi connectivity index (χ1) is 13.4. The lowest BCUT2D eigenvalue weighted by atomic mass is 10.1. The van der Waals surface area contributed by atoms with Crippen molar-refractivity contribution < 1.29 is 19.1 Å². The minimum Gasteiger partial charge on any atom is -0.385 e. The van der Waals surface area contributed by atoms with Gasteiger partial charge in [-0.15, -0.1) is 0 Å². The van der Waals surface area contributed by atoms with Crippen LogP contribution in [0.5, 0.6) is 0 Å². The van der Waals surface area contributed by atoms with Gasteiger partial charge in [-0.2, -0.15) is 0 Å². The maximum absolute atomic E-state index is 12.5. The summed E-state index contributed by atoms with van der Waals surface area (Å²) in [4.78, 5) is 38.4. The van der Waals surface area contributed by atoms with Gasteiger partial charge in [0.2, 0.25) is 0 Å². The molecule has 0 fully saturated rings. The van der Waals surface area contributed by atoms with E-state index < -0.39 is 6.03 Å². The minimum absolute atomic E-state index is 0.277. The third-order valence-electron chi connectivity index (χ3n) is 4.41. The van der Waals surface area contributed by atoms with E-state index in [1.807, 2.05) is 6.92 Å². The Morgan fingerprint density at radius 2 is 1.82 bits per heavy atom.